The Kier molecular flexibility index (Phi) is 3.97. The predicted molar refractivity (Wildman–Crippen MR) is 107 cm³/mol. The number of carbonyl (C=O) groups is 1. The number of rotatable bonds is 5. The van der Waals surface area contributed by atoms with Crippen molar-refractivity contribution in [2.24, 2.45) is 17.8 Å². The SMILES string of the molecule is CCCN1[C@H]2C[C@@]34c5ccccc5N(C)[C@H]3[C@@H]1C[C@@H]([C@@H](C=O)CC)C2[C@H]4O. The van der Waals surface area contributed by atoms with E-state index < -0.39 is 0 Å². The fourth-order valence-corrected chi connectivity index (χ4v) is 7.69. The molecule has 1 N–H and O–H groups in total. The molecule has 1 unspecified atom stereocenters. The van der Waals surface area contributed by atoms with Gasteiger partial charge in [-0.05, 0) is 49.8 Å². The normalized spacial score (nSPS) is 42.9. The highest BCUT2D eigenvalue weighted by Crippen LogP contribution is 2.66. The lowest BCUT2D eigenvalue weighted by atomic mass is 9.67. The van der Waals surface area contributed by atoms with Crippen molar-refractivity contribution in [2.45, 2.75) is 69.2 Å². The number of para-hydroxylation sites is 1. The van der Waals surface area contributed by atoms with Crippen LogP contribution < -0.4 is 4.90 Å². The highest BCUT2D eigenvalue weighted by molar-refractivity contribution is 5.67. The quantitative estimate of drug-likeness (QED) is 0.812. The number of piperidine rings is 2. The molecule has 0 radical (unpaired) electrons. The average Bonchev–Trinajstić information content (AvgIpc) is 3.05. The second-order valence-corrected chi connectivity index (χ2v) is 9.32. The third-order valence-electron chi connectivity index (χ3n) is 8.52. The number of anilines is 1. The van der Waals surface area contributed by atoms with Gasteiger partial charge < -0.3 is 14.8 Å². The van der Waals surface area contributed by atoms with Crippen molar-refractivity contribution in [3.8, 4) is 0 Å². The van der Waals surface area contributed by atoms with Crippen molar-refractivity contribution >= 4 is 12.0 Å². The van der Waals surface area contributed by atoms with Gasteiger partial charge in [0.25, 0.3) is 0 Å². The molecule has 3 heterocycles. The molecule has 4 nitrogen and oxygen atoms in total. The Morgan fingerprint density at radius 2 is 2.07 bits per heavy atom. The maximum absolute atomic E-state index is 11.9. The predicted octanol–water partition coefficient (Wildman–Crippen LogP) is 2.83. The van der Waals surface area contributed by atoms with E-state index in [0.29, 0.717) is 24.0 Å². The molecule has 5 rings (SSSR count). The summed E-state index contributed by atoms with van der Waals surface area (Å²) in [5.74, 6) is 0.608. The summed E-state index contributed by atoms with van der Waals surface area (Å²) in [5.41, 5.74) is 2.48. The van der Waals surface area contributed by atoms with Crippen molar-refractivity contribution in [2.75, 3.05) is 18.5 Å². The number of likely N-dealkylation sites (N-methyl/N-ethyl adjacent to an activating group) is 1. The minimum absolute atomic E-state index is 0.0768. The summed E-state index contributed by atoms with van der Waals surface area (Å²) in [6.07, 6.45) is 4.92. The fourth-order valence-electron chi connectivity index (χ4n) is 7.69. The highest BCUT2D eigenvalue weighted by atomic mass is 16.3. The first-order valence-electron chi connectivity index (χ1n) is 10.8. The van der Waals surface area contributed by atoms with E-state index >= 15 is 0 Å². The van der Waals surface area contributed by atoms with E-state index in [4.69, 9.17) is 0 Å². The molecular formula is C23H32N2O2. The number of aldehydes is 1. The third kappa shape index (κ3) is 1.99. The number of hydrogen-bond acceptors (Lipinski definition) is 4. The van der Waals surface area contributed by atoms with Gasteiger partial charge in [-0.1, -0.05) is 32.0 Å². The maximum atomic E-state index is 11.9. The average molecular weight is 369 g/mol. The van der Waals surface area contributed by atoms with Crippen LogP contribution in [0.1, 0.15) is 45.1 Å². The van der Waals surface area contributed by atoms with E-state index in [2.05, 4.69) is 55.0 Å². The zero-order chi connectivity index (χ0) is 18.9. The van der Waals surface area contributed by atoms with Gasteiger partial charge in [-0.2, -0.15) is 0 Å². The van der Waals surface area contributed by atoms with E-state index in [-0.39, 0.29) is 23.4 Å². The second-order valence-electron chi connectivity index (χ2n) is 9.32. The van der Waals surface area contributed by atoms with Gasteiger partial charge in [0.15, 0.2) is 0 Å². The molecule has 0 amide bonds. The van der Waals surface area contributed by atoms with Crippen LogP contribution in [0.3, 0.4) is 0 Å². The number of aliphatic hydroxyl groups is 1. The van der Waals surface area contributed by atoms with Gasteiger partial charge in [0.1, 0.15) is 6.29 Å². The summed E-state index contributed by atoms with van der Waals surface area (Å²) in [7, 11) is 2.22. The molecule has 2 saturated heterocycles. The van der Waals surface area contributed by atoms with Crippen LogP contribution in [0.4, 0.5) is 5.69 Å². The molecule has 1 saturated carbocycles. The summed E-state index contributed by atoms with van der Waals surface area (Å²) in [6.45, 7) is 5.48. The molecule has 3 aliphatic heterocycles. The smallest absolute Gasteiger partial charge is 0.123 e. The number of benzene rings is 1. The Labute approximate surface area is 162 Å². The van der Waals surface area contributed by atoms with E-state index in [0.717, 1.165) is 32.2 Å². The van der Waals surface area contributed by atoms with E-state index in [1.807, 2.05) is 0 Å². The van der Waals surface area contributed by atoms with Gasteiger partial charge in [-0.3, -0.25) is 4.90 Å². The van der Waals surface area contributed by atoms with E-state index in [9.17, 15) is 9.90 Å². The Morgan fingerprint density at radius 3 is 2.78 bits per heavy atom. The van der Waals surface area contributed by atoms with Crippen LogP contribution in [0.15, 0.2) is 24.3 Å². The zero-order valence-corrected chi connectivity index (χ0v) is 16.7. The number of aliphatic hydroxyl groups excluding tert-OH is 1. The van der Waals surface area contributed by atoms with Crippen LogP contribution in [0.25, 0.3) is 0 Å². The molecule has 146 valence electrons. The summed E-state index contributed by atoms with van der Waals surface area (Å²) in [4.78, 5) is 17.0. The summed E-state index contributed by atoms with van der Waals surface area (Å²) in [5, 5.41) is 11.8. The number of carbonyl (C=O) groups excluding carboxylic acids is 1. The van der Waals surface area contributed by atoms with Crippen LogP contribution in [-0.2, 0) is 10.2 Å². The van der Waals surface area contributed by atoms with Gasteiger partial charge in [0.05, 0.1) is 12.1 Å². The van der Waals surface area contributed by atoms with Gasteiger partial charge in [0, 0.05) is 42.1 Å². The largest absolute Gasteiger partial charge is 0.392 e. The second kappa shape index (κ2) is 6.05. The molecule has 1 aliphatic carbocycles. The third-order valence-corrected chi connectivity index (χ3v) is 8.52. The molecule has 0 aromatic heterocycles. The fraction of sp³-hybridized carbons (Fsp3) is 0.696. The van der Waals surface area contributed by atoms with Crippen molar-refractivity contribution in [3.05, 3.63) is 29.8 Å². The molecular weight excluding hydrogens is 336 g/mol. The molecule has 4 aliphatic rings. The lowest BCUT2D eigenvalue weighted by molar-refractivity contribution is -0.116. The molecule has 1 aromatic carbocycles. The van der Waals surface area contributed by atoms with Crippen molar-refractivity contribution < 1.29 is 9.90 Å². The first kappa shape index (κ1) is 17.7. The summed E-state index contributed by atoms with van der Waals surface area (Å²) in [6, 6.07) is 9.86. The van der Waals surface area contributed by atoms with Gasteiger partial charge in [-0.25, -0.2) is 0 Å². The number of fused-ring (bicyclic) bond motifs is 3. The Hall–Kier alpha value is -1.39. The number of hydrogen-bond donors (Lipinski definition) is 1. The summed E-state index contributed by atoms with van der Waals surface area (Å²) < 4.78 is 0. The minimum atomic E-state index is -0.357. The molecule has 3 bridgehead atoms. The van der Waals surface area contributed by atoms with Crippen LogP contribution in [-0.4, -0.2) is 54.1 Å². The van der Waals surface area contributed by atoms with E-state index in [1.54, 1.807) is 0 Å². The molecule has 1 spiro atoms. The summed E-state index contributed by atoms with van der Waals surface area (Å²) >= 11 is 0. The molecule has 3 fully saturated rings. The monoisotopic (exact) mass is 368 g/mol. The Bertz CT molecular complexity index is 752. The van der Waals surface area contributed by atoms with Crippen LogP contribution >= 0.6 is 0 Å². The van der Waals surface area contributed by atoms with Crippen molar-refractivity contribution in [3.63, 3.8) is 0 Å². The van der Waals surface area contributed by atoms with Gasteiger partial charge in [0.2, 0.25) is 0 Å². The van der Waals surface area contributed by atoms with Crippen LogP contribution in [0.2, 0.25) is 0 Å². The van der Waals surface area contributed by atoms with Crippen molar-refractivity contribution in [1.82, 2.24) is 4.90 Å². The standard InChI is InChI=1S/C23H32N2O2/c1-4-10-25-18-11-15(14(5-2)13-26)20-19(25)12-23(22(20)27)16-8-6-7-9-17(16)24(3)21(18)23/h6-9,13-15,18-22,27H,4-5,10-12H2,1-3H3/t14-,15+,18+,19+,20?,21+,22-,23-/m1/s1. The minimum Gasteiger partial charge on any atom is -0.392 e. The topological polar surface area (TPSA) is 43.8 Å². The van der Waals surface area contributed by atoms with Crippen LogP contribution in [0, 0.1) is 17.8 Å². The first-order valence-corrected chi connectivity index (χ1v) is 10.8. The zero-order valence-electron chi connectivity index (χ0n) is 16.7. The molecule has 1 aromatic rings. The Morgan fingerprint density at radius 1 is 1.30 bits per heavy atom. The first-order chi connectivity index (χ1) is 13.1. The molecule has 27 heavy (non-hydrogen) atoms. The number of nitrogens with zero attached hydrogens (tertiary/aromatic N) is 2. The maximum Gasteiger partial charge on any atom is 0.123 e. The van der Waals surface area contributed by atoms with Gasteiger partial charge >= 0.3 is 0 Å². The van der Waals surface area contributed by atoms with Gasteiger partial charge in [-0.15, -0.1) is 0 Å². The Balaban J connectivity index is 1.68. The molecule has 8 atom stereocenters. The highest BCUT2D eigenvalue weighted by Gasteiger charge is 2.72. The van der Waals surface area contributed by atoms with Crippen molar-refractivity contribution in [1.29, 1.82) is 0 Å². The molecule has 4 heteroatoms. The van der Waals surface area contributed by atoms with Crippen LogP contribution in [0.5, 0.6) is 0 Å². The van der Waals surface area contributed by atoms with E-state index in [1.165, 1.54) is 17.5 Å². The lowest BCUT2D eigenvalue weighted by Crippen LogP contribution is -2.65. The lowest BCUT2D eigenvalue weighted by Gasteiger charge is -2.55.